The smallest absolute Gasteiger partial charge is 0.295 e. The largest absolute Gasteiger partial charge is 0.364 e. The summed E-state index contributed by atoms with van der Waals surface area (Å²) in [4.78, 5) is 43.9. The summed E-state index contributed by atoms with van der Waals surface area (Å²) < 4.78 is 29.8. The maximum absolute atomic E-state index is 13.1. The molecule has 5 rings (SSSR count). The summed E-state index contributed by atoms with van der Waals surface area (Å²) in [6.45, 7) is 1.83. The molecule has 3 aromatic carbocycles. The number of fused-ring (bicyclic) bond motifs is 2. The molecule has 0 radical (unpaired) electrons. The number of Topliss-reactive ketones (excluding diaryl/α,β-unsaturated/α-hetero) is 1. The summed E-state index contributed by atoms with van der Waals surface area (Å²) in [5, 5.41) is 0.494. The molecule has 0 aromatic heterocycles. The minimum Gasteiger partial charge on any atom is -0.364 e. The van der Waals surface area contributed by atoms with E-state index in [0.29, 0.717) is 5.06 Å². The number of hydrogen-bond donors (Lipinski definition) is 0. The Morgan fingerprint density at radius 3 is 1.85 bits per heavy atom. The van der Waals surface area contributed by atoms with E-state index < -0.39 is 33.4 Å². The highest BCUT2D eigenvalue weighted by atomic mass is 32.2. The summed E-state index contributed by atoms with van der Waals surface area (Å²) >= 11 is 0. The Kier molecular flexibility index (Phi) is 4.98. The number of benzene rings is 3. The van der Waals surface area contributed by atoms with Crippen LogP contribution in [-0.2, 0) is 14.9 Å². The molecule has 0 atom stereocenters. The van der Waals surface area contributed by atoms with Crippen molar-refractivity contribution in [1.82, 2.24) is 5.06 Å². The Labute approximate surface area is 194 Å². The molecule has 8 nitrogen and oxygen atoms in total. The first kappa shape index (κ1) is 21.5. The monoisotopic (exact) mass is 472 g/mol. The third kappa shape index (κ3) is 3.52. The van der Waals surface area contributed by atoms with Crippen LogP contribution in [0.1, 0.15) is 42.2 Å². The number of aryl methyl sites for hydroxylation is 1. The molecule has 0 bridgehead atoms. The number of amides is 2. The molecule has 2 aliphatic rings. The van der Waals surface area contributed by atoms with Crippen molar-refractivity contribution in [3.63, 3.8) is 0 Å². The van der Waals surface area contributed by atoms with Crippen LogP contribution in [0.2, 0.25) is 0 Å². The average Bonchev–Trinajstić information content (AvgIpc) is 3.07. The lowest BCUT2D eigenvalue weighted by Gasteiger charge is -2.20. The van der Waals surface area contributed by atoms with Gasteiger partial charge in [-0.15, -0.1) is 0 Å². The Hall–Kier alpha value is -4.37. The third-order valence-corrected chi connectivity index (χ3v) is 6.73. The van der Waals surface area contributed by atoms with E-state index in [1.165, 1.54) is 30.3 Å². The van der Waals surface area contributed by atoms with Gasteiger partial charge >= 0.3 is 0 Å². The van der Waals surface area contributed by atoms with Crippen LogP contribution in [-0.4, -0.2) is 36.8 Å². The van der Waals surface area contributed by atoms with Gasteiger partial charge in [0.2, 0.25) is 11.5 Å². The van der Waals surface area contributed by atoms with Gasteiger partial charge in [0.05, 0.1) is 21.7 Å². The van der Waals surface area contributed by atoms with Gasteiger partial charge < -0.3 is 4.84 Å². The predicted octanol–water partition coefficient (Wildman–Crippen LogP) is 3.48. The van der Waals surface area contributed by atoms with Gasteiger partial charge in [0, 0.05) is 17.2 Å². The predicted molar refractivity (Wildman–Crippen MR) is 122 cm³/mol. The highest BCUT2D eigenvalue weighted by Gasteiger charge is 2.40. The number of nitrogens with zero attached hydrogens (tertiary/aromatic N) is 2. The fraction of sp³-hybridized carbons (Fsp3) is 0.0400. The Bertz CT molecular complexity index is 1520. The van der Waals surface area contributed by atoms with E-state index in [4.69, 9.17) is 4.84 Å². The lowest BCUT2D eigenvalue weighted by atomic mass is 9.93. The minimum absolute atomic E-state index is 0.0174. The van der Waals surface area contributed by atoms with E-state index in [9.17, 15) is 22.8 Å². The number of carbonyl (C=O) groups is 3. The molecule has 9 heteroatoms. The second kappa shape index (κ2) is 7.89. The van der Waals surface area contributed by atoms with Crippen LogP contribution in [0.5, 0.6) is 0 Å². The molecule has 0 fully saturated rings. The first-order valence-corrected chi connectivity index (χ1v) is 11.6. The third-order valence-electron chi connectivity index (χ3n) is 5.42. The van der Waals surface area contributed by atoms with Crippen molar-refractivity contribution in [2.24, 2.45) is 4.40 Å². The van der Waals surface area contributed by atoms with E-state index >= 15 is 0 Å². The first-order chi connectivity index (χ1) is 16.3. The molecule has 1 aliphatic carbocycles. The molecule has 34 heavy (non-hydrogen) atoms. The number of carbonyl (C=O) groups excluding carboxylic acids is 3. The van der Waals surface area contributed by atoms with Crippen molar-refractivity contribution >= 4 is 33.3 Å². The second-order valence-corrected chi connectivity index (χ2v) is 9.29. The number of allylic oxidation sites excluding steroid dienone is 2. The summed E-state index contributed by atoms with van der Waals surface area (Å²) in [7, 11) is -4.12. The van der Waals surface area contributed by atoms with Crippen LogP contribution in [0, 0.1) is 6.92 Å². The molecule has 0 saturated heterocycles. The molecule has 1 heterocycles. The van der Waals surface area contributed by atoms with E-state index in [1.54, 1.807) is 42.5 Å². The van der Waals surface area contributed by atoms with Crippen molar-refractivity contribution in [2.75, 3.05) is 0 Å². The molecule has 168 valence electrons. The van der Waals surface area contributed by atoms with Gasteiger partial charge in [-0.05, 0) is 31.2 Å². The molecule has 0 N–H and O–H groups in total. The Balaban J connectivity index is 1.57. The van der Waals surface area contributed by atoms with Crippen LogP contribution < -0.4 is 0 Å². The maximum Gasteiger partial charge on any atom is 0.295 e. The number of hydroxylamine groups is 2. The molecule has 0 saturated carbocycles. The Morgan fingerprint density at radius 1 is 0.735 bits per heavy atom. The highest BCUT2D eigenvalue weighted by Crippen LogP contribution is 2.29. The zero-order chi connectivity index (χ0) is 24.0. The highest BCUT2D eigenvalue weighted by molar-refractivity contribution is 7.90. The molecule has 0 unspecified atom stereocenters. The first-order valence-electron chi connectivity index (χ1n) is 10.2. The number of hydrogen-bond acceptors (Lipinski definition) is 6. The average molecular weight is 472 g/mol. The maximum atomic E-state index is 13.1. The van der Waals surface area contributed by atoms with Crippen LogP contribution in [0.15, 0.2) is 93.9 Å². The van der Waals surface area contributed by atoms with E-state index in [2.05, 4.69) is 4.40 Å². The minimum atomic E-state index is -4.12. The van der Waals surface area contributed by atoms with E-state index in [1.807, 2.05) is 6.92 Å². The Morgan fingerprint density at radius 2 is 1.26 bits per heavy atom. The van der Waals surface area contributed by atoms with Crippen molar-refractivity contribution in [1.29, 1.82) is 0 Å². The summed E-state index contributed by atoms with van der Waals surface area (Å²) in [5.41, 5.74) is 1.55. The van der Waals surface area contributed by atoms with Gasteiger partial charge in [0.1, 0.15) is 0 Å². The lowest BCUT2D eigenvalue weighted by Crippen LogP contribution is -2.33. The zero-order valence-corrected chi connectivity index (χ0v) is 18.6. The topological polar surface area (TPSA) is 110 Å². The van der Waals surface area contributed by atoms with Gasteiger partial charge in [-0.25, -0.2) is 0 Å². The van der Waals surface area contributed by atoms with Crippen molar-refractivity contribution in [2.45, 2.75) is 11.8 Å². The molecule has 3 aromatic rings. The van der Waals surface area contributed by atoms with Gasteiger partial charge in [-0.3, -0.25) is 14.4 Å². The van der Waals surface area contributed by atoms with E-state index in [0.717, 1.165) is 11.6 Å². The van der Waals surface area contributed by atoms with E-state index in [-0.39, 0.29) is 32.9 Å². The molecular formula is C25H16N2O6S. The van der Waals surface area contributed by atoms with Crippen molar-refractivity contribution in [3.8, 4) is 0 Å². The summed E-state index contributed by atoms with van der Waals surface area (Å²) in [6, 6.07) is 18.6. The van der Waals surface area contributed by atoms with Gasteiger partial charge in [0.15, 0.2) is 0 Å². The number of ketones is 1. The van der Waals surface area contributed by atoms with Crippen LogP contribution in [0.4, 0.5) is 0 Å². The molecule has 1 aliphatic heterocycles. The molecular weight excluding hydrogens is 456 g/mol. The number of imide groups is 1. The van der Waals surface area contributed by atoms with Crippen LogP contribution in [0.25, 0.3) is 0 Å². The fourth-order valence-corrected chi connectivity index (χ4v) is 4.68. The normalized spacial score (nSPS) is 16.4. The SMILES string of the molecule is Cc1ccc(S(=O)(=O)/N=C2/C=C(ON3C(=O)c4ccccc4C3=O)C(=O)c3ccccc32)cc1. The van der Waals surface area contributed by atoms with Gasteiger partial charge in [-0.2, -0.15) is 12.8 Å². The number of rotatable bonds is 4. The number of sulfonamides is 1. The second-order valence-electron chi connectivity index (χ2n) is 7.69. The fourth-order valence-electron chi connectivity index (χ4n) is 3.69. The zero-order valence-electron chi connectivity index (χ0n) is 17.8. The van der Waals surface area contributed by atoms with Crippen LogP contribution >= 0.6 is 0 Å². The van der Waals surface area contributed by atoms with Gasteiger partial charge in [0.25, 0.3) is 21.8 Å². The standard InChI is InChI=1S/C25H16N2O6S/c1-15-10-12-16(13-11-15)34(31,32)26-21-14-22(23(28)18-7-3-2-6-17(18)21)33-27-24(29)19-8-4-5-9-20(19)25(27)30/h2-14H,1H3/b26-21-. The van der Waals surface area contributed by atoms with Crippen molar-refractivity contribution < 1.29 is 27.6 Å². The summed E-state index contributed by atoms with van der Waals surface area (Å²) in [5.74, 6) is -2.46. The quantitative estimate of drug-likeness (QED) is 0.538. The lowest BCUT2D eigenvalue weighted by molar-refractivity contribution is -0.0534. The molecule has 2 amide bonds. The summed E-state index contributed by atoms with van der Waals surface area (Å²) in [6.07, 6.45) is 1.12. The van der Waals surface area contributed by atoms with Crippen LogP contribution in [0.3, 0.4) is 0 Å². The molecule has 0 spiro atoms. The van der Waals surface area contributed by atoms with Gasteiger partial charge in [-0.1, -0.05) is 59.2 Å². The van der Waals surface area contributed by atoms with Crippen molar-refractivity contribution in [3.05, 3.63) is 112 Å².